The molecule has 104 valence electrons. The number of aliphatic hydroxyl groups excluding tert-OH is 1. The quantitative estimate of drug-likeness (QED) is 0.681. The highest BCUT2D eigenvalue weighted by Crippen LogP contribution is 2.25. The van der Waals surface area contributed by atoms with Crippen LogP contribution in [0.15, 0.2) is 18.2 Å². The number of nitro benzene ring substituents is 1. The highest BCUT2D eigenvalue weighted by atomic mass is 35.5. The summed E-state index contributed by atoms with van der Waals surface area (Å²) in [4.78, 5) is 12.4. The average molecular weight is 285 g/mol. The number of rotatable bonds is 4. The van der Waals surface area contributed by atoms with E-state index in [0.29, 0.717) is 17.5 Å². The number of hydrogen-bond acceptors (Lipinski definition) is 4. The number of piperidine rings is 1. The van der Waals surface area contributed by atoms with Crippen molar-refractivity contribution in [2.24, 2.45) is 5.92 Å². The van der Waals surface area contributed by atoms with Crippen LogP contribution >= 0.6 is 11.6 Å². The van der Waals surface area contributed by atoms with Crippen molar-refractivity contribution in [2.45, 2.75) is 19.4 Å². The molecule has 1 aromatic rings. The maximum atomic E-state index is 10.6. The van der Waals surface area contributed by atoms with E-state index in [1.54, 1.807) is 6.07 Å². The minimum Gasteiger partial charge on any atom is -0.396 e. The second kappa shape index (κ2) is 6.32. The van der Waals surface area contributed by atoms with Crippen LogP contribution < -0.4 is 0 Å². The van der Waals surface area contributed by atoms with E-state index in [1.165, 1.54) is 12.1 Å². The molecule has 1 aromatic carbocycles. The first-order chi connectivity index (χ1) is 9.10. The number of likely N-dealkylation sites (tertiary alicyclic amines) is 1. The van der Waals surface area contributed by atoms with Crippen molar-refractivity contribution in [2.75, 3.05) is 19.7 Å². The van der Waals surface area contributed by atoms with Gasteiger partial charge in [0.1, 0.15) is 0 Å². The van der Waals surface area contributed by atoms with Crippen LogP contribution in [0.1, 0.15) is 18.4 Å². The summed E-state index contributed by atoms with van der Waals surface area (Å²) in [5, 5.41) is 20.3. The van der Waals surface area contributed by atoms with Gasteiger partial charge in [0.05, 0.1) is 9.95 Å². The Labute approximate surface area is 116 Å². The van der Waals surface area contributed by atoms with Gasteiger partial charge in [-0.1, -0.05) is 11.6 Å². The van der Waals surface area contributed by atoms with E-state index in [-0.39, 0.29) is 12.3 Å². The first kappa shape index (κ1) is 14.2. The molecule has 6 heteroatoms. The Morgan fingerprint density at radius 3 is 2.95 bits per heavy atom. The number of aliphatic hydroxyl groups is 1. The van der Waals surface area contributed by atoms with Crippen molar-refractivity contribution in [3.63, 3.8) is 0 Å². The van der Waals surface area contributed by atoms with Gasteiger partial charge >= 0.3 is 0 Å². The third-order valence-electron chi connectivity index (χ3n) is 3.50. The number of non-ortho nitro benzene ring substituents is 1. The SMILES string of the molecule is O=[N+]([O-])c1ccc(CN2CCCC(CO)C2)c(Cl)c1. The van der Waals surface area contributed by atoms with Gasteiger partial charge in [0.25, 0.3) is 5.69 Å². The van der Waals surface area contributed by atoms with Crippen LogP contribution in [0.5, 0.6) is 0 Å². The number of nitro groups is 1. The van der Waals surface area contributed by atoms with Gasteiger partial charge in [-0.05, 0) is 36.9 Å². The molecule has 0 radical (unpaired) electrons. The zero-order valence-corrected chi connectivity index (χ0v) is 11.3. The topological polar surface area (TPSA) is 66.6 Å². The molecule has 1 fully saturated rings. The van der Waals surface area contributed by atoms with Crippen LogP contribution in [-0.2, 0) is 6.54 Å². The molecule has 0 aromatic heterocycles. The smallest absolute Gasteiger partial charge is 0.270 e. The molecule has 2 rings (SSSR count). The van der Waals surface area contributed by atoms with Crippen molar-refractivity contribution in [3.05, 3.63) is 38.9 Å². The second-order valence-electron chi connectivity index (χ2n) is 4.96. The molecule has 1 atom stereocenters. The molecule has 1 heterocycles. The van der Waals surface area contributed by atoms with E-state index in [2.05, 4.69) is 4.90 Å². The first-order valence-electron chi connectivity index (χ1n) is 6.36. The first-order valence-corrected chi connectivity index (χ1v) is 6.74. The van der Waals surface area contributed by atoms with E-state index in [9.17, 15) is 15.2 Å². The normalized spacial score (nSPS) is 20.4. The second-order valence-corrected chi connectivity index (χ2v) is 5.37. The Kier molecular flexibility index (Phi) is 4.74. The molecule has 1 N–H and O–H groups in total. The molecule has 19 heavy (non-hydrogen) atoms. The van der Waals surface area contributed by atoms with Crippen molar-refractivity contribution in [1.29, 1.82) is 0 Å². The average Bonchev–Trinajstić information content (AvgIpc) is 2.41. The summed E-state index contributed by atoms with van der Waals surface area (Å²) >= 11 is 6.08. The minimum atomic E-state index is -0.446. The molecule has 0 saturated carbocycles. The zero-order chi connectivity index (χ0) is 13.8. The molecule has 0 aliphatic carbocycles. The predicted octanol–water partition coefficient (Wildman–Crippen LogP) is 2.45. The van der Waals surface area contributed by atoms with Gasteiger partial charge < -0.3 is 5.11 Å². The highest BCUT2D eigenvalue weighted by molar-refractivity contribution is 6.31. The van der Waals surface area contributed by atoms with Crippen LogP contribution in [0.2, 0.25) is 5.02 Å². The predicted molar refractivity (Wildman–Crippen MR) is 73.2 cm³/mol. The molecule has 0 amide bonds. The van der Waals surface area contributed by atoms with Crippen molar-refractivity contribution in [3.8, 4) is 0 Å². The Hall–Kier alpha value is -1.17. The maximum absolute atomic E-state index is 10.6. The van der Waals surface area contributed by atoms with E-state index in [0.717, 1.165) is 31.5 Å². The maximum Gasteiger partial charge on any atom is 0.270 e. The van der Waals surface area contributed by atoms with Crippen LogP contribution in [-0.4, -0.2) is 34.6 Å². The lowest BCUT2D eigenvalue weighted by atomic mass is 9.98. The molecular formula is C13H17ClN2O3. The number of halogens is 1. The zero-order valence-electron chi connectivity index (χ0n) is 10.6. The molecule has 1 saturated heterocycles. The third kappa shape index (κ3) is 3.65. The van der Waals surface area contributed by atoms with E-state index >= 15 is 0 Å². The van der Waals surface area contributed by atoms with Crippen molar-refractivity contribution < 1.29 is 10.0 Å². The number of benzene rings is 1. The van der Waals surface area contributed by atoms with Gasteiger partial charge in [-0.3, -0.25) is 15.0 Å². The molecule has 1 unspecified atom stereocenters. The standard InChI is InChI=1S/C13H17ClN2O3/c14-13-6-12(16(18)19)4-3-11(13)8-15-5-1-2-10(7-15)9-17/h3-4,6,10,17H,1-2,5,7-9H2. The van der Waals surface area contributed by atoms with Gasteiger partial charge in [-0.25, -0.2) is 0 Å². The summed E-state index contributed by atoms with van der Waals surface area (Å²) in [6.45, 7) is 2.71. The van der Waals surface area contributed by atoms with Crippen LogP contribution in [0.25, 0.3) is 0 Å². The molecule has 5 nitrogen and oxygen atoms in total. The summed E-state index contributed by atoms with van der Waals surface area (Å²) in [5.74, 6) is 0.325. The lowest BCUT2D eigenvalue weighted by Gasteiger charge is -2.31. The van der Waals surface area contributed by atoms with Crippen molar-refractivity contribution >= 4 is 17.3 Å². The largest absolute Gasteiger partial charge is 0.396 e. The van der Waals surface area contributed by atoms with Gasteiger partial charge in [-0.15, -0.1) is 0 Å². The summed E-state index contributed by atoms with van der Waals surface area (Å²) in [5.41, 5.74) is 0.909. The summed E-state index contributed by atoms with van der Waals surface area (Å²) in [6.07, 6.45) is 2.12. The van der Waals surface area contributed by atoms with Gasteiger partial charge in [-0.2, -0.15) is 0 Å². The molecule has 1 aliphatic rings. The van der Waals surface area contributed by atoms with Gasteiger partial charge in [0.2, 0.25) is 0 Å². The molecular weight excluding hydrogens is 268 g/mol. The molecule has 0 bridgehead atoms. The number of nitrogens with zero attached hydrogens (tertiary/aromatic N) is 2. The van der Waals surface area contributed by atoms with Crippen LogP contribution in [0, 0.1) is 16.0 Å². The van der Waals surface area contributed by atoms with Gasteiger partial charge in [0.15, 0.2) is 0 Å². The fourth-order valence-electron chi connectivity index (χ4n) is 2.46. The van der Waals surface area contributed by atoms with Gasteiger partial charge in [0, 0.05) is 31.8 Å². The van der Waals surface area contributed by atoms with Crippen LogP contribution in [0.3, 0.4) is 0 Å². The fourth-order valence-corrected chi connectivity index (χ4v) is 2.70. The summed E-state index contributed by atoms with van der Waals surface area (Å²) in [7, 11) is 0. The third-order valence-corrected chi connectivity index (χ3v) is 3.85. The molecule has 1 aliphatic heterocycles. The lowest BCUT2D eigenvalue weighted by Crippen LogP contribution is -2.36. The van der Waals surface area contributed by atoms with Crippen molar-refractivity contribution in [1.82, 2.24) is 4.90 Å². The molecule has 0 spiro atoms. The summed E-state index contributed by atoms with van der Waals surface area (Å²) < 4.78 is 0. The van der Waals surface area contributed by atoms with E-state index in [1.807, 2.05) is 0 Å². The summed E-state index contributed by atoms with van der Waals surface area (Å²) in [6, 6.07) is 4.59. The Morgan fingerprint density at radius 2 is 2.32 bits per heavy atom. The fraction of sp³-hybridized carbons (Fsp3) is 0.538. The minimum absolute atomic E-state index is 0.0145. The van der Waals surface area contributed by atoms with Crippen LogP contribution in [0.4, 0.5) is 5.69 Å². The highest BCUT2D eigenvalue weighted by Gasteiger charge is 2.20. The monoisotopic (exact) mass is 284 g/mol. The lowest BCUT2D eigenvalue weighted by molar-refractivity contribution is -0.384. The van der Waals surface area contributed by atoms with E-state index in [4.69, 9.17) is 11.6 Å². The van der Waals surface area contributed by atoms with E-state index < -0.39 is 4.92 Å². The Balaban J connectivity index is 2.04. The Morgan fingerprint density at radius 1 is 1.53 bits per heavy atom. The Bertz CT molecular complexity index is 467. The number of hydrogen-bond donors (Lipinski definition) is 1.